The van der Waals surface area contributed by atoms with Gasteiger partial charge in [-0.25, -0.2) is 9.59 Å². The summed E-state index contributed by atoms with van der Waals surface area (Å²) in [5.41, 5.74) is 2.27. The molecule has 0 aromatic heterocycles. The summed E-state index contributed by atoms with van der Waals surface area (Å²) in [4.78, 5) is 39.6. The molecule has 2 heterocycles. The van der Waals surface area contributed by atoms with Crippen molar-refractivity contribution < 1.29 is 24.2 Å². The third kappa shape index (κ3) is 5.44. The van der Waals surface area contributed by atoms with E-state index in [1.165, 1.54) is 16.1 Å². The largest absolute Gasteiger partial charge is 0.480 e. The first-order chi connectivity index (χ1) is 16.9. The Morgan fingerprint density at radius 3 is 2.49 bits per heavy atom. The Bertz CT molecular complexity index is 1200. The van der Waals surface area contributed by atoms with Crippen LogP contribution in [-0.2, 0) is 25.5 Å². The van der Waals surface area contributed by atoms with Gasteiger partial charge in [0, 0.05) is 19.0 Å². The van der Waals surface area contributed by atoms with E-state index in [-0.39, 0.29) is 28.7 Å². The average Bonchev–Trinajstić information content (AvgIpc) is 3.40. The standard InChI is InChI=1S/C25H23N3O5S2/c1-2-33-24(32)20(13-16-9-5-3-6-10-16)28-22(29)21(35-25(28)34)15-27-19(23(30)31)14-18(26-27)17-11-7-4-8-12-17/h3-12,15,19-20H,2,13-14H2,1H3,(H,30,31)/b21-15-/t19-,20-/m1/s1. The third-order valence-electron chi connectivity index (χ3n) is 5.55. The molecular weight excluding hydrogens is 486 g/mol. The Labute approximate surface area is 212 Å². The van der Waals surface area contributed by atoms with Crippen molar-refractivity contribution in [2.75, 3.05) is 6.61 Å². The number of aliphatic carboxylic acids is 1. The van der Waals surface area contributed by atoms with Crippen molar-refractivity contribution in [2.24, 2.45) is 5.10 Å². The van der Waals surface area contributed by atoms with Crippen LogP contribution in [0, 0.1) is 0 Å². The summed E-state index contributed by atoms with van der Waals surface area (Å²) in [6.45, 7) is 1.86. The van der Waals surface area contributed by atoms with Crippen LogP contribution in [0.1, 0.15) is 24.5 Å². The molecule has 2 aromatic rings. The number of esters is 1. The molecule has 0 bridgehead atoms. The molecule has 1 fully saturated rings. The third-order valence-corrected chi connectivity index (χ3v) is 6.87. The molecule has 180 valence electrons. The molecule has 10 heteroatoms. The van der Waals surface area contributed by atoms with Crippen molar-refractivity contribution in [3.63, 3.8) is 0 Å². The summed E-state index contributed by atoms with van der Waals surface area (Å²) in [5, 5.41) is 15.5. The lowest BCUT2D eigenvalue weighted by Gasteiger charge is -2.25. The van der Waals surface area contributed by atoms with Crippen LogP contribution in [0.2, 0.25) is 0 Å². The number of carboxylic acids is 1. The van der Waals surface area contributed by atoms with Crippen molar-refractivity contribution >= 4 is 51.9 Å². The number of nitrogens with zero attached hydrogens (tertiary/aromatic N) is 3. The Hall–Kier alpha value is -3.50. The molecule has 1 saturated heterocycles. The second-order valence-corrected chi connectivity index (χ2v) is 9.52. The minimum Gasteiger partial charge on any atom is -0.480 e. The number of hydrogen-bond donors (Lipinski definition) is 1. The fraction of sp³-hybridized carbons (Fsp3) is 0.240. The zero-order chi connectivity index (χ0) is 24.9. The first-order valence-corrected chi connectivity index (χ1v) is 12.2. The molecule has 0 saturated carbocycles. The summed E-state index contributed by atoms with van der Waals surface area (Å²) < 4.78 is 5.44. The van der Waals surface area contributed by atoms with E-state index in [2.05, 4.69) is 5.10 Å². The number of carboxylic acid groups (broad SMARTS) is 1. The zero-order valence-electron chi connectivity index (χ0n) is 18.9. The maximum Gasteiger partial charge on any atom is 0.329 e. The van der Waals surface area contributed by atoms with Crippen LogP contribution in [0.5, 0.6) is 0 Å². The number of amides is 1. The molecule has 0 spiro atoms. The maximum atomic E-state index is 13.4. The van der Waals surface area contributed by atoms with Gasteiger partial charge in [0.1, 0.15) is 10.4 Å². The minimum absolute atomic E-state index is 0.166. The van der Waals surface area contributed by atoms with Crippen LogP contribution in [-0.4, -0.2) is 61.6 Å². The Morgan fingerprint density at radius 1 is 1.20 bits per heavy atom. The fourth-order valence-corrected chi connectivity index (χ4v) is 5.19. The molecule has 2 atom stereocenters. The lowest BCUT2D eigenvalue weighted by Crippen LogP contribution is -2.46. The van der Waals surface area contributed by atoms with E-state index in [9.17, 15) is 19.5 Å². The molecule has 0 radical (unpaired) electrons. The van der Waals surface area contributed by atoms with Crippen molar-refractivity contribution in [1.82, 2.24) is 9.91 Å². The molecule has 2 aliphatic heterocycles. The van der Waals surface area contributed by atoms with Crippen LogP contribution < -0.4 is 0 Å². The maximum absolute atomic E-state index is 13.4. The fourth-order valence-electron chi connectivity index (χ4n) is 3.87. The molecule has 1 N–H and O–H groups in total. The number of ether oxygens (including phenoxy) is 1. The van der Waals surface area contributed by atoms with E-state index in [0.29, 0.717) is 5.71 Å². The molecular formula is C25H23N3O5S2. The number of rotatable bonds is 8. The number of hydrazone groups is 1. The molecule has 8 nitrogen and oxygen atoms in total. The monoisotopic (exact) mass is 509 g/mol. The van der Waals surface area contributed by atoms with Gasteiger partial charge in [0.15, 0.2) is 6.04 Å². The summed E-state index contributed by atoms with van der Waals surface area (Å²) in [6.07, 6.45) is 1.82. The van der Waals surface area contributed by atoms with Gasteiger partial charge in [0.25, 0.3) is 5.91 Å². The smallest absolute Gasteiger partial charge is 0.329 e. The van der Waals surface area contributed by atoms with Gasteiger partial charge in [-0.05, 0) is 18.1 Å². The molecule has 2 aromatic carbocycles. The van der Waals surface area contributed by atoms with Crippen LogP contribution in [0.15, 0.2) is 76.9 Å². The van der Waals surface area contributed by atoms with Gasteiger partial charge in [-0.3, -0.25) is 14.7 Å². The average molecular weight is 510 g/mol. The quantitative estimate of drug-likeness (QED) is 0.328. The van der Waals surface area contributed by atoms with Crippen LogP contribution >= 0.6 is 24.0 Å². The number of benzene rings is 2. The number of thiocarbonyl (C=S) groups is 1. The zero-order valence-corrected chi connectivity index (χ0v) is 20.5. The van der Waals surface area contributed by atoms with Gasteiger partial charge >= 0.3 is 11.9 Å². The minimum atomic E-state index is -1.06. The first-order valence-electron chi connectivity index (χ1n) is 11.0. The summed E-state index contributed by atoms with van der Waals surface area (Å²) in [7, 11) is 0. The van der Waals surface area contributed by atoms with E-state index >= 15 is 0 Å². The van der Waals surface area contributed by atoms with E-state index in [1.807, 2.05) is 60.7 Å². The van der Waals surface area contributed by atoms with Gasteiger partial charge in [0.2, 0.25) is 0 Å². The first kappa shape index (κ1) is 24.6. The van der Waals surface area contributed by atoms with Crippen molar-refractivity contribution in [1.29, 1.82) is 0 Å². The highest BCUT2D eigenvalue weighted by molar-refractivity contribution is 8.26. The SMILES string of the molecule is CCOC(=O)[C@@H](Cc1ccccc1)N1C(=O)/C(=C/N2N=C(c3ccccc3)C[C@@H]2C(=O)O)SC1=S. The topological polar surface area (TPSA) is 99.5 Å². The van der Waals surface area contributed by atoms with Crippen LogP contribution in [0.3, 0.4) is 0 Å². The van der Waals surface area contributed by atoms with Gasteiger partial charge in [0.05, 0.1) is 17.2 Å². The van der Waals surface area contributed by atoms with E-state index in [1.54, 1.807) is 6.92 Å². The normalized spacial score (nSPS) is 19.7. The Kier molecular flexibility index (Phi) is 7.62. The lowest BCUT2D eigenvalue weighted by molar-refractivity contribution is -0.150. The predicted octanol–water partition coefficient (Wildman–Crippen LogP) is 3.43. The highest BCUT2D eigenvalue weighted by atomic mass is 32.2. The molecule has 35 heavy (non-hydrogen) atoms. The summed E-state index contributed by atoms with van der Waals surface area (Å²) >= 11 is 6.47. The molecule has 2 aliphatic rings. The van der Waals surface area contributed by atoms with Crippen molar-refractivity contribution in [2.45, 2.75) is 31.8 Å². The van der Waals surface area contributed by atoms with Gasteiger partial charge in [-0.2, -0.15) is 5.10 Å². The second-order valence-electron chi connectivity index (χ2n) is 7.84. The van der Waals surface area contributed by atoms with Gasteiger partial charge < -0.3 is 9.84 Å². The Morgan fingerprint density at radius 2 is 1.86 bits per heavy atom. The van der Waals surface area contributed by atoms with E-state index in [4.69, 9.17) is 17.0 Å². The van der Waals surface area contributed by atoms with Gasteiger partial charge in [-0.1, -0.05) is 84.6 Å². The van der Waals surface area contributed by atoms with Crippen LogP contribution in [0.25, 0.3) is 0 Å². The van der Waals surface area contributed by atoms with Crippen molar-refractivity contribution in [3.8, 4) is 0 Å². The Balaban J connectivity index is 1.62. The highest BCUT2D eigenvalue weighted by Gasteiger charge is 2.42. The summed E-state index contributed by atoms with van der Waals surface area (Å²) in [5.74, 6) is -2.09. The second kappa shape index (κ2) is 10.8. The number of carbonyl (C=O) groups is 3. The van der Waals surface area contributed by atoms with E-state index < -0.39 is 29.9 Å². The molecule has 0 aliphatic carbocycles. The molecule has 0 unspecified atom stereocenters. The predicted molar refractivity (Wildman–Crippen MR) is 137 cm³/mol. The molecule has 4 rings (SSSR count). The lowest BCUT2D eigenvalue weighted by atomic mass is 10.0. The molecule has 1 amide bonds. The van der Waals surface area contributed by atoms with Crippen LogP contribution in [0.4, 0.5) is 0 Å². The summed E-state index contributed by atoms with van der Waals surface area (Å²) in [6, 6.07) is 16.7. The van der Waals surface area contributed by atoms with E-state index in [0.717, 1.165) is 22.9 Å². The number of thioether (sulfide) groups is 1. The number of hydrogen-bond acceptors (Lipinski definition) is 8. The number of carbonyl (C=O) groups excluding carboxylic acids is 2. The van der Waals surface area contributed by atoms with Gasteiger partial charge in [-0.15, -0.1) is 0 Å². The highest BCUT2D eigenvalue weighted by Crippen LogP contribution is 2.35. The van der Waals surface area contributed by atoms with Crippen molar-refractivity contribution in [3.05, 3.63) is 82.9 Å².